The van der Waals surface area contributed by atoms with Crippen molar-refractivity contribution in [2.75, 3.05) is 18.5 Å². The Labute approximate surface area is 167 Å². The van der Waals surface area contributed by atoms with Gasteiger partial charge in [0.1, 0.15) is 0 Å². The molecule has 3 rings (SSSR count). The smallest absolute Gasteiger partial charge is 0.332 e. The van der Waals surface area contributed by atoms with Gasteiger partial charge in [0.15, 0.2) is 11.2 Å². The number of nitrogens with one attached hydrogen (secondary N) is 1. The van der Waals surface area contributed by atoms with Gasteiger partial charge in [-0.2, -0.15) is 4.98 Å². The summed E-state index contributed by atoms with van der Waals surface area (Å²) < 4.78 is 9.26. The zero-order valence-electron chi connectivity index (χ0n) is 16.5. The summed E-state index contributed by atoms with van der Waals surface area (Å²) in [5.41, 5.74) is 0.600. The van der Waals surface area contributed by atoms with Crippen molar-refractivity contribution in [3.05, 3.63) is 69.4 Å². The van der Waals surface area contributed by atoms with E-state index in [-0.39, 0.29) is 24.3 Å². The van der Waals surface area contributed by atoms with Crippen molar-refractivity contribution >= 4 is 17.1 Å². The lowest BCUT2D eigenvalue weighted by Crippen LogP contribution is -2.38. The normalized spacial score (nSPS) is 12.2. The fourth-order valence-corrected chi connectivity index (χ4v) is 3.09. The third-order valence-electron chi connectivity index (χ3n) is 4.58. The summed E-state index contributed by atoms with van der Waals surface area (Å²) >= 11 is 0. The molecule has 0 saturated heterocycles. The summed E-state index contributed by atoms with van der Waals surface area (Å²) in [6, 6.07) is 9.72. The molecule has 0 aliphatic carbocycles. The van der Waals surface area contributed by atoms with Crippen LogP contribution in [0.3, 0.4) is 0 Å². The maximum Gasteiger partial charge on any atom is 0.332 e. The van der Waals surface area contributed by atoms with E-state index in [4.69, 9.17) is 4.74 Å². The second-order valence-electron chi connectivity index (χ2n) is 6.74. The number of benzene rings is 1. The van der Waals surface area contributed by atoms with Gasteiger partial charge in [0.05, 0.1) is 25.9 Å². The standard InChI is InChI=1S/C20H25N5O4/c1-4-10-29-13-15(26)12-25-16-17(23(2)20(28)24(3)18(16)27)22-19(25)21-11-14-8-6-5-7-9-14/h4-9,15,26H,1,10-13H2,2-3H3,(H,21,22)/t15-/m1/s1. The number of nitrogens with zero attached hydrogens (tertiary/aromatic N) is 4. The first-order chi connectivity index (χ1) is 13.9. The third kappa shape index (κ3) is 4.30. The summed E-state index contributed by atoms with van der Waals surface area (Å²) in [7, 11) is 2.98. The minimum Gasteiger partial charge on any atom is -0.389 e. The van der Waals surface area contributed by atoms with Crippen LogP contribution in [0.25, 0.3) is 11.2 Å². The average Bonchev–Trinajstić information content (AvgIpc) is 3.08. The van der Waals surface area contributed by atoms with Gasteiger partial charge < -0.3 is 19.7 Å². The van der Waals surface area contributed by atoms with Crippen molar-refractivity contribution in [3.8, 4) is 0 Å². The number of aliphatic hydroxyl groups is 1. The van der Waals surface area contributed by atoms with Gasteiger partial charge in [0.25, 0.3) is 5.56 Å². The van der Waals surface area contributed by atoms with Gasteiger partial charge in [0, 0.05) is 20.6 Å². The van der Waals surface area contributed by atoms with E-state index in [1.807, 2.05) is 30.3 Å². The van der Waals surface area contributed by atoms with Crippen molar-refractivity contribution in [3.63, 3.8) is 0 Å². The fourth-order valence-electron chi connectivity index (χ4n) is 3.09. The van der Waals surface area contributed by atoms with Crippen LogP contribution in [0.2, 0.25) is 0 Å². The molecule has 1 aromatic carbocycles. The lowest BCUT2D eigenvalue weighted by atomic mass is 10.2. The first-order valence-corrected chi connectivity index (χ1v) is 9.24. The zero-order chi connectivity index (χ0) is 21.0. The molecule has 3 aromatic rings. The molecule has 0 fully saturated rings. The van der Waals surface area contributed by atoms with Crippen LogP contribution in [0.4, 0.5) is 5.95 Å². The summed E-state index contributed by atoms with van der Waals surface area (Å²) in [6.07, 6.45) is 0.726. The molecule has 9 heteroatoms. The number of aliphatic hydroxyl groups excluding tert-OH is 1. The molecule has 9 nitrogen and oxygen atoms in total. The second-order valence-corrected chi connectivity index (χ2v) is 6.74. The SMILES string of the molecule is C=CCOC[C@H](O)Cn1c(NCc2ccccc2)nc2c1c(=O)n(C)c(=O)n2C. The highest BCUT2D eigenvalue weighted by Crippen LogP contribution is 2.17. The Bertz CT molecular complexity index is 1110. The van der Waals surface area contributed by atoms with Gasteiger partial charge >= 0.3 is 5.69 Å². The first kappa shape index (κ1) is 20.6. The molecule has 2 aromatic heterocycles. The van der Waals surface area contributed by atoms with Gasteiger partial charge in [-0.1, -0.05) is 36.4 Å². The Morgan fingerprint density at radius 3 is 2.66 bits per heavy atom. The summed E-state index contributed by atoms with van der Waals surface area (Å²) in [6.45, 7) is 4.52. The Balaban J connectivity index is 2.02. The van der Waals surface area contributed by atoms with Gasteiger partial charge in [0.2, 0.25) is 5.95 Å². The minimum atomic E-state index is -0.869. The number of aromatic nitrogens is 4. The number of fused-ring (bicyclic) bond motifs is 1. The Hall–Kier alpha value is -3.17. The van der Waals surface area contributed by atoms with Crippen molar-refractivity contribution in [2.45, 2.75) is 19.2 Å². The Kier molecular flexibility index (Phi) is 6.30. The highest BCUT2D eigenvalue weighted by Gasteiger charge is 2.21. The van der Waals surface area contributed by atoms with E-state index < -0.39 is 17.4 Å². The molecule has 0 unspecified atom stereocenters. The number of ether oxygens (including phenoxy) is 1. The van der Waals surface area contributed by atoms with Crippen LogP contribution < -0.4 is 16.6 Å². The van der Waals surface area contributed by atoms with Crippen molar-refractivity contribution in [2.24, 2.45) is 14.1 Å². The maximum absolute atomic E-state index is 12.8. The maximum atomic E-state index is 12.8. The fraction of sp³-hybridized carbons (Fsp3) is 0.350. The highest BCUT2D eigenvalue weighted by atomic mass is 16.5. The monoisotopic (exact) mass is 399 g/mol. The topological polar surface area (TPSA) is 103 Å². The highest BCUT2D eigenvalue weighted by molar-refractivity contribution is 5.74. The van der Waals surface area contributed by atoms with Gasteiger partial charge in [-0.3, -0.25) is 13.9 Å². The number of hydrogen-bond acceptors (Lipinski definition) is 6. The van der Waals surface area contributed by atoms with Crippen molar-refractivity contribution in [1.82, 2.24) is 18.7 Å². The number of hydrogen-bond donors (Lipinski definition) is 2. The minimum absolute atomic E-state index is 0.0793. The van der Waals surface area contributed by atoms with Gasteiger partial charge in [-0.15, -0.1) is 6.58 Å². The number of aryl methyl sites for hydroxylation is 1. The van der Waals surface area contributed by atoms with Gasteiger partial charge in [-0.05, 0) is 5.56 Å². The summed E-state index contributed by atoms with van der Waals surface area (Å²) in [5.74, 6) is 0.393. The Morgan fingerprint density at radius 1 is 1.24 bits per heavy atom. The van der Waals surface area contributed by atoms with Crippen molar-refractivity contribution < 1.29 is 9.84 Å². The molecule has 29 heavy (non-hydrogen) atoms. The van der Waals surface area contributed by atoms with Gasteiger partial charge in [-0.25, -0.2) is 4.79 Å². The zero-order valence-corrected chi connectivity index (χ0v) is 16.5. The van der Waals surface area contributed by atoms with Crippen LogP contribution in [0.1, 0.15) is 5.56 Å². The third-order valence-corrected chi connectivity index (χ3v) is 4.58. The predicted molar refractivity (Wildman–Crippen MR) is 111 cm³/mol. The molecule has 0 aliphatic rings. The van der Waals surface area contributed by atoms with E-state index in [1.54, 1.807) is 17.7 Å². The van der Waals surface area contributed by atoms with Crippen LogP contribution in [-0.2, 0) is 31.9 Å². The van der Waals surface area contributed by atoms with Crippen molar-refractivity contribution in [1.29, 1.82) is 0 Å². The van der Waals surface area contributed by atoms with E-state index >= 15 is 0 Å². The molecule has 1 atom stereocenters. The molecule has 0 aliphatic heterocycles. The van der Waals surface area contributed by atoms with E-state index in [9.17, 15) is 14.7 Å². The molecule has 0 amide bonds. The number of anilines is 1. The van der Waals surface area contributed by atoms with E-state index in [0.29, 0.717) is 19.1 Å². The second kappa shape index (κ2) is 8.89. The van der Waals surface area contributed by atoms with E-state index in [2.05, 4.69) is 16.9 Å². The molecule has 0 radical (unpaired) electrons. The molecule has 2 heterocycles. The molecule has 0 bridgehead atoms. The number of imidazole rings is 1. The quantitative estimate of drug-likeness (QED) is 0.404. The Morgan fingerprint density at radius 2 is 1.97 bits per heavy atom. The van der Waals surface area contributed by atoms with Crippen LogP contribution >= 0.6 is 0 Å². The number of rotatable bonds is 9. The lowest BCUT2D eigenvalue weighted by Gasteiger charge is -2.15. The summed E-state index contributed by atoms with van der Waals surface area (Å²) in [4.78, 5) is 29.5. The average molecular weight is 399 g/mol. The van der Waals surface area contributed by atoms with Crippen LogP contribution in [-0.4, -0.2) is 43.1 Å². The largest absolute Gasteiger partial charge is 0.389 e. The lowest BCUT2D eigenvalue weighted by molar-refractivity contribution is 0.0405. The van der Waals surface area contributed by atoms with E-state index in [0.717, 1.165) is 10.1 Å². The summed E-state index contributed by atoms with van der Waals surface area (Å²) in [5, 5.41) is 13.6. The molecular weight excluding hydrogens is 374 g/mol. The molecule has 0 saturated carbocycles. The molecule has 2 N–H and O–H groups in total. The molecule has 0 spiro atoms. The first-order valence-electron chi connectivity index (χ1n) is 9.24. The van der Waals surface area contributed by atoms with E-state index in [1.165, 1.54) is 11.6 Å². The van der Waals surface area contributed by atoms with Crippen LogP contribution in [0, 0.1) is 0 Å². The molecule has 154 valence electrons. The molecular formula is C20H25N5O4. The van der Waals surface area contributed by atoms with Crippen LogP contribution in [0.15, 0.2) is 52.6 Å². The van der Waals surface area contributed by atoms with Crippen LogP contribution in [0.5, 0.6) is 0 Å². The predicted octanol–water partition coefficient (Wildman–Crippen LogP) is 0.609.